The summed E-state index contributed by atoms with van der Waals surface area (Å²) in [4.78, 5) is 26.6. The summed E-state index contributed by atoms with van der Waals surface area (Å²) in [7, 11) is 4.34. The first-order valence-electron chi connectivity index (χ1n) is 12.3. The summed E-state index contributed by atoms with van der Waals surface area (Å²) in [6.45, 7) is 4.34. The number of piperidine rings is 2. The van der Waals surface area contributed by atoms with E-state index < -0.39 is 22.2 Å². The fraction of sp³-hybridized carbons (Fsp3) is 0.640. The Balaban J connectivity index is 1.63. The van der Waals surface area contributed by atoms with Crippen molar-refractivity contribution in [2.75, 3.05) is 52.9 Å². The van der Waals surface area contributed by atoms with Crippen molar-refractivity contribution in [3.8, 4) is 5.75 Å². The second kappa shape index (κ2) is 9.20. The second-order valence-corrected chi connectivity index (χ2v) is 9.75. The zero-order chi connectivity index (χ0) is 25.7. The van der Waals surface area contributed by atoms with Crippen LogP contribution in [0, 0.1) is 22.0 Å². The zero-order valence-electron chi connectivity index (χ0n) is 21.1. The van der Waals surface area contributed by atoms with Gasteiger partial charge < -0.3 is 29.0 Å². The van der Waals surface area contributed by atoms with Gasteiger partial charge in [0.15, 0.2) is 5.72 Å². The van der Waals surface area contributed by atoms with E-state index >= 15 is 0 Å². The van der Waals surface area contributed by atoms with Crippen LogP contribution >= 0.6 is 0 Å². The highest BCUT2D eigenvalue weighted by Crippen LogP contribution is 2.62. The minimum absolute atomic E-state index is 0.108. The van der Waals surface area contributed by atoms with Crippen molar-refractivity contribution in [3.05, 3.63) is 39.6 Å². The first kappa shape index (κ1) is 24.8. The Labute approximate surface area is 209 Å². The molecule has 0 bridgehead atoms. The van der Waals surface area contributed by atoms with E-state index in [-0.39, 0.29) is 29.3 Å². The molecule has 3 saturated heterocycles. The van der Waals surface area contributed by atoms with E-state index in [1.54, 1.807) is 6.07 Å². The number of carbonyl (C=O) groups is 1. The highest BCUT2D eigenvalue weighted by molar-refractivity contribution is 5.88. The summed E-state index contributed by atoms with van der Waals surface area (Å²) >= 11 is 0. The zero-order valence-corrected chi connectivity index (χ0v) is 21.1. The summed E-state index contributed by atoms with van der Waals surface area (Å²) in [6, 6.07) is 2.98. The van der Waals surface area contributed by atoms with Gasteiger partial charge in [-0.3, -0.25) is 15.0 Å². The first-order valence-corrected chi connectivity index (χ1v) is 12.3. The fourth-order valence-corrected chi connectivity index (χ4v) is 6.93. The lowest BCUT2D eigenvalue weighted by molar-refractivity contribution is -0.386. The van der Waals surface area contributed by atoms with Crippen LogP contribution in [-0.2, 0) is 29.3 Å². The van der Waals surface area contributed by atoms with Gasteiger partial charge in [-0.05, 0) is 30.7 Å². The molecule has 11 heteroatoms. The third-order valence-electron chi connectivity index (χ3n) is 8.39. The lowest BCUT2D eigenvalue weighted by atomic mass is 9.67. The van der Waals surface area contributed by atoms with Crippen molar-refractivity contribution in [2.45, 2.75) is 43.6 Å². The molecule has 0 aromatic heterocycles. The first-order chi connectivity index (χ1) is 17.4. The third kappa shape index (κ3) is 3.32. The molecule has 0 spiro atoms. The number of carbonyl (C=O) groups excluding carboxylic acids is 1. The van der Waals surface area contributed by atoms with Crippen LogP contribution in [0.5, 0.6) is 5.75 Å². The molecule has 11 nitrogen and oxygen atoms in total. The number of esters is 1. The molecule has 0 unspecified atom stereocenters. The van der Waals surface area contributed by atoms with Gasteiger partial charge in [0.2, 0.25) is 5.75 Å². The molecule has 1 aromatic rings. The molecule has 0 saturated carbocycles. The van der Waals surface area contributed by atoms with Gasteiger partial charge in [-0.1, -0.05) is 13.3 Å². The summed E-state index contributed by atoms with van der Waals surface area (Å²) in [5.74, 6) is -0.121. The molecule has 0 radical (unpaired) electrons. The fourth-order valence-electron chi connectivity index (χ4n) is 6.93. The number of nitro benzene ring substituents is 1. The Morgan fingerprint density at radius 1 is 1.31 bits per heavy atom. The SMILES string of the molecule is CC[C@@H]1CN2CC[C@@]34OCCO[C@@]3(Nc3ccc([N+](=O)[O-])c(OC)c34)[C@@H]2C[C@@H]1/C(=C\OC)C(=O)OC. The minimum atomic E-state index is -1.00. The lowest BCUT2D eigenvalue weighted by Gasteiger charge is -2.61. The van der Waals surface area contributed by atoms with E-state index in [0.717, 1.165) is 13.0 Å². The van der Waals surface area contributed by atoms with E-state index in [1.807, 2.05) is 0 Å². The molecule has 5 atom stereocenters. The molecular weight excluding hydrogens is 470 g/mol. The van der Waals surface area contributed by atoms with Gasteiger partial charge >= 0.3 is 11.7 Å². The van der Waals surface area contributed by atoms with E-state index in [9.17, 15) is 14.9 Å². The van der Waals surface area contributed by atoms with Crippen LogP contribution in [0.4, 0.5) is 11.4 Å². The topological polar surface area (TPSA) is 122 Å². The highest BCUT2D eigenvalue weighted by Gasteiger charge is 2.71. The molecule has 4 aliphatic heterocycles. The number of nitro groups is 1. The Morgan fingerprint density at radius 2 is 2.08 bits per heavy atom. The predicted octanol–water partition coefficient (Wildman–Crippen LogP) is 2.79. The monoisotopic (exact) mass is 503 g/mol. The molecule has 4 aliphatic rings. The largest absolute Gasteiger partial charge is 0.504 e. The van der Waals surface area contributed by atoms with Crippen molar-refractivity contribution >= 4 is 17.3 Å². The molecule has 3 fully saturated rings. The summed E-state index contributed by atoms with van der Waals surface area (Å²) in [5, 5.41) is 15.4. The molecule has 0 amide bonds. The molecular formula is C25H33N3O8. The van der Waals surface area contributed by atoms with E-state index in [4.69, 9.17) is 23.7 Å². The van der Waals surface area contributed by atoms with E-state index in [2.05, 4.69) is 17.1 Å². The van der Waals surface area contributed by atoms with Crippen molar-refractivity contribution in [2.24, 2.45) is 11.8 Å². The van der Waals surface area contributed by atoms with Crippen molar-refractivity contribution in [1.82, 2.24) is 4.90 Å². The number of benzene rings is 1. The quantitative estimate of drug-likeness (QED) is 0.204. The number of hydrogen-bond acceptors (Lipinski definition) is 10. The number of nitrogens with one attached hydrogen (secondary N) is 1. The number of nitrogens with zero attached hydrogens (tertiary/aromatic N) is 2. The second-order valence-electron chi connectivity index (χ2n) is 9.75. The van der Waals surface area contributed by atoms with Crippen LogP contribution in [-0.4, -0.2) is 75.2 Å². The van der Waals surface area contributed by atoms with Crippen molar-refractivity contribution in [3.63, 3.8) is 0 Å². The maximum absolute atomic E-state index is 12.8. The summed E-state index contributed by atoms with van der Waals surface area (Å²) in [5.41, 5.74) is -0.245. The van der Waals surface area contributed by atoms with Crippen molar-refractivity contribution < 1.29 is 33.4 Å². The van der Waals surface area contributed by atoms with Gasteiger partial charge in [0.05, 0.1) is 62.9 Å². The highest BCUT2D eigenvalue weighted by atomic mass is 16.6. The van der Waals surface area contributed by atoms with Crippen LogP contribution in [0.15, 0.2) is 24.0 Å². The standard InChI is InChI=1S/C25H33N3O8/c1-5-15-13-27-9-8-24-21-18(6-7-19(28(30)31)22(21)33-3)26-25(24,36-11-10-35-24)20(27)12-16(15)17(14-32-2)23(29)34-4/h6-7,14-16,20,26H,5,8-13H2,1-4H3/b17-14+/t15-,16+,20+,24+,25+/m1/s1. The van der Waals surface area contributed by atoms with Crippen LogP contribution in [0.1, 0.15) is 31.7 Å². The maximum atomic E-state index is 12.8. The molecule has 196 valence electrons. The molecule has 36 heavy (non-hydrogen) atoms. The predicted molar refractivity (Wildman–Crippen MR) is 129 cm³/mol. The number of hydrogen-bond donors (Lipinski definition) is 1. The Morgan fingerprint density at radius 3 is 2.75 bits per heavy atom. The average Bonchev–Trinajstić information content (AvgIpc) is 3.21. The Kier molecular flexibility index (Phi) is 6.34. The van der Waals surface area contributed by atoms with Crippen molar-refractivity contribution in [1.29, 1.82) is 0 Å². The van der Waals surface area contributed by atoms with Gasteiger partial charge in [0, 0.05) is 24.8 Å². The number of ether oxygens (including phenoxy) is 5. The van der Waals surface area contributed by atoms with E-state index in [1.165, 1.54) is 33.7 Å². The van der Waals surface area contributed by atoms with Gasteiger partial charge in [-0.2, -0.15) is 0 Å². The van der Waals surface area contributed by atoms with Crippen LogP contribution in [0.25, 0.3) is 0 Å². The smallest absolute Gasteiger partial charge is 0.337 e. The van der Waals surface area contributed by atoms with Gasteiger partial charge in [0.1, 0.15) is 5.60 Å². The third-order valence-corrected chi connectivity index (χ3v) is 8.39. The molecule has 0 aliphatic carbocycles. The Bertz CT molecular complexity index is 1090. The van der Waals surface area contributed by atoms with Crippen LogP contribution in [0.3, 0.4) is 0 Å². The number of methoxy groups -OCH3 is 3. The molecule has 4 heterocycles. The Hall–Kier alpha value is -2.89. The number of anilines is 1. The average molecular weight is 504 g/mol. The van der Waals surface area contributed by atoms with Crippen LogP contribution in [0.2, 0.25) is 0 Å². The molecule has 1 N–H and O–H groups in total. The van der Waals surface area contributed by atoms with Crippen LogP contribution < -0.4 is 10.1 Å². The number of fused-ring (bicyclic) bond motifs is 2. The maximum Gasteiger partial charge on any atom is 0.337 e. The van der Waals surface area contributed by atoms with Gasteiger partial charge in [-0.15, -0.1) is 0 Å². The molecule has 1 aromatic carbocycles. The lowest BCUT2D eigenvalue weighted by Crippen LogP contribution is -2.75. The molecule has 5 rings (SSSR count). The normalized spacial score (nSPS) is 33.3. The van der Waals surface area contributed by atoms with Gasteiger partial charge in [-0.25, -0.2) is 4.79 Å². The summed E-state index contributed by atoms with van der Waals surface area (Å²) in [6.07, 6.45) is 3.55. The minimum Gasteiger partial charge on any atom is -0.504 e. The van der Waals surface area contributed by atoms with Gasteiger partial charge in [0.25, 0.3) is 0 Å². The van der Waals surface area contributed by atoms with E-state index in [0.29, 0.717) is 49.4 Å². The number of rotatable bonds is 6. The summed E-state index contributed by atoms with van der Waals surface area (Å²) < 4.78 is 29.2.